The monoisotopic (exact) mass is 500 g/mol. The fourth-order valence-electron chi connectivity index (χ4n) is 5.02. The Labute approximate surface area is 218 Å². The van der Waals surface area contributed by atoms with Gasteiger partial charge in [-0.05, 0) is 48.2 Å². The summed E-state index contributed by atoms with van der Waals surface area (Å²) in [6.45, 7) is 2.14. The Morgan fingerprint density at radius 2 is 1.84 bits per heavy atom. The summed E-state index contributed by atoms with van der Waals surface area (Å²) in [5.74, 6) is 1.44. The lowest BCUT2D eigenvalue weighted by atomic mass is 9.94. The van der Waals surface area contributed by atoms with Gasteiger partial charge >= 0.3 is 0 Å². The number of benzene rings is 2. The average molecular weight is 501 g/mol. The van der Waals surface area contributed by atoms with Crippen LogP contribution < -0.4 is 0 Å². The van der Waals surface area contributed by atoms with Crippen LogP contribution in [0.3, 0.4) is 0 Å². The molecule has 0 N–H and O–H groups in total. The summed E-state index contributed by atoms with van der Waals surface area (Å²) in [6.07, 6.45) is 9.68. The van der Waals surface area contributed by atoms with Crippen molar-refractivity contribution in [3.05, 3.63) is 90.8 Å². The second-order valence-corrected chi connectivity index (χ2v) is 9.77. The Hall–Kier alpha value is -4.79. The zero-order valence-corrected chi connectivity index (χ0v) is 20.8. The number of fused-ring (bicyclic) bond motifs is 2. The van der Waals surface area contributed by atoms with E-state index >= 15 is 0 Å². The molecule has 1 aliphatic carbocycles. The highest BCUT2D eigenvalue weighted by atomic mass is 16.1. The maximum absolute atomic E-state index is 11.8. The van der Waals surface area contributed by atoms with Crippen LogP contribution in [0, 0.1) is 0 Å². The molecule has 7 rings (SSSR count). The van der Waals surface area contributed by atoms with E-state index in [1.54, 1.807) is 21.6 Å². The van der Waals surface area contributed by atoms with Crippen LogP contribution in [0.15, 0.2) is 79.4 Å². The van der Waals surface area contributed by atoms with Gasteiger partial charge in [-0.15, -0.1) is 10.2 Å². The second-order valence-electron chi connectivity index (χ2n) is 9.77. The van der Waals surface area contributed by atoms with E-state index in [4.69, 9.17) is 5.10 Å². The summed E-state index contributed by atoms with van der Waals surface area (Å²) in [4.78, 5) is 20.8. The topological polar surface area (TPSA) is 104 Å². The molecule has 1 aliphatic rings. The number of hydrogen-bond donors (Lipinski definition) is 0. The molecule has 6 aromatic rings. The number of hydrogen-bond acceptors (Lipinski definition) is 7. The van der Waals surface area contributed by atoms with E-state index in [2.05, 4.69) is 55.6 Å². The van der Waals surface area contributed by atoms with Crippen LogP contribution in [0.25, 0.3) is 39.1 Å². The van der Waals surface area contributed by atoms with Crippen molar-refractivity contribution in [3.63, 3.8) is 0 Å². The van der Waals surface area contributed by atoms with Crippen molar-refractivity contribution in [2.75, 3.05) is 0 Å². The highest BCUT2D eigenvalue weighted by Crippen LogP contribution is 2.53. The number of nitrogens with zero attached hydrogens (tertiary/aromatic N) is 8. The SMILES string of the molecule is CCC(=O)Cn1cc(-c2cccc(-c3cnc4nnc(C5(c6ccc7ncccc7c6)CC5)n4n3)c2)cn1. The van der Waals surface area contributed by atoms with Crippen LogP contribution >= 0.6 is 0 Å². The van der Waals surface area contributed by atoms with Gasteiger partial charge in [0.25, 0.3) is 5.78 Å². The van der Waals surface area contributed by atoms with Gasteiger partial charge < -0.3 is 0 Å². The normalized spacial score (nSPS) is 14.2. The van der Waals surface area contributed by atoms with Crippen LogP contribution in [0.2, 0.25) is 0 Å². The Morgan fingerprint density at radius 3 is 2.71 bits per heavy atom. The molecule has 9 heteroatoms. The van der Waals surface area contributed by atoms with Crippen LogP contribution in [-0.2, 0) is 16.8 Å². The molecule has 2 aromatic carbocycles. The number of Topliss-reactive ketones (excluding diaryl/α,β-unsaturated/α-hetero) is 1. The third-order valence-corrected chi connectivity index (χ3v) is 7.33. The van der Waals surface area contributed by atoms with Gasteiger partial charge in [0.1, 0.15) is 5.69 Å². The Morgan fingerprint density at radius 1 is 0.947 bits per heavy atom. The lowest BCUT2D eigenvalue weighted by molar-refractivity contribution is -0.119. The van der Waals surface area contributed by atoms with E-state index in [0.717, 1.165) is 52.0 Å². The van der Waals surface area contributed by atoms with E-state index in [-0.39, 0.29) is 17.7 Å². The van der Waals surface area contributed by atoms with E-state index < -0.39 is 0 Å². The molecule has 0 radical (unpaired) electrons. The van der Waals surface area contributed by atoms with Gasteiger partial charge in [-0.2, -0.15) is 14.7 Å². The summed E-state index contributed by atoms with van der Waals surface area (Å²) in [7, 11) is 0. The first-order valence-electron chi connectivity index (χ1n) is 12.7. The number of aromatic nitrogens is 8. The standard InChI is InChI=1S/C29H24N8O/c1-2-24(38)18-36-17-22(15-32-36)19-5-3-6-20(13-19)26-16-31-28-34-33-27(37(28)35-26)29(10-11-29)23-8-9-25-21(14-23)7-4-12-30-25/h3-9,12-17H,2,10-11,18H2,1H3. The van der Waals surface area contributed by atoms with Crippen molar-refractivity contribution in [1.29, 1.82) is 0 Å². The van der Waals surface area contributed by atoms with Gasteiger partial charge in [-0.1, -0.05) is 37.3 Å². The molecule has 0 bridgehead atoms. The largest absolute Gasteiger partial charge is 0.298 e. The zero-order chi connectivity index (χ0) is 25.7. The smallest absolute Gasteiger partial charge is 0.271 e. The third kappa shape index (κ3) is 3.75. The second kappa shape index (κ2) is 8.65. The molecule has 4 heterocycles. The molecule has 0 aliphatic heterocycles. The van der Waals surface area contributed by atoms with Crippen molar-refractivity contribution in [1.82, 2.24) is 39.6 Å². The summed E-state index contributed by atoms with van der Waals surface area (Å²) < 4.78 is 3.47. The van der Waals surface area contributed by atoms with Gasteiger partial charge in [0.2, 0.25) is 0 Å². The molecule has 38 heavy (non-hydrogen) atoms. The summed E-state index contributed by atoms with van der Waals surface area (Å²) in [5, 5.41) is 19.3. The minimum Gasteiger partial charge on any atom is -0.298 e. The lowest BCUT2D eigenvalue weighted by Crippen LogP contribution is -2.15. The van der Waals surface area contributed by atoms with E-state index in [9.17, 15) is 4.79 Å². The quantitative estimate of drug-likeness (QED) is 0.314. The van der Waals surface area contributed by atoms with Gasteiger partial charge in [0, 0.05) is 35.3 Å². The predicted molar refractivity (Wildman–Crippen MR) is 142 cm³/mol. The van der Waals surface area contributed by atoms with E-state index in [1.807, 2.05) is 43.6 Å². The predicted octanol–water partition coefficient (Wildman–Crippen LogP) is 4.66. The van der Waals surface area contributed by atoms with Crippen molar-refractivity contribution >= 4 is 22.5 Å². The van der Waals surface area contributed by atoms with Crippen molar-refractivity contribution in [2.24, 2.45) is 0 Å². The van der Waals surface area contributed by atoms with Crippen LogP contribution in [-0.4, -0.2) is 45.3 Å². The fourth-order valence-corrected chi connectivity index (χ4v) is 5.02. The van der Waals surface area contributed by atoms with E-state index in [0.29, 0.717) is 12.2 Å². The molecular formula is C29H24N8O. The highest BCUT2D eigenvalue weighted by molar-refractivity contribution is 5.80. The third-order valence-electron chi connectivity index (χ3n) is 7.33. The number of pyridine rings is 1. The number of carbonyl (C=O) groups is 1. The summed E-state index contributed by atoms with van der Waals surface area (Å²) >= 11 is 0. The minimum atomic E-state index is -0.233. The van der Waals surface area contributed by atoms with Crippen molar-refractivity contribution < 1.29 is 4.79 Å². The van der Waals surface area contributed by atoms with Gasteiger partial charge in [-0.25, -0.2) is 4.98 Å². The fraction of sp³-hybridized carbons (Fsp3) is 0.207. The van der Waals surface area contributed by atoms with Crippen LogP contribution in [0.1, 0.15) is 37.6 Å². The number of carbonyl (C=O) groups excluding carboxylic acids is 1. The number of ketones is 1. The molecule has 9 nitrogen and oxygen atoms in total. The molecule has 0 spiro atoms. The van der Waals surface area contributed by atoms with Crippen LogP contribution in [0.4, 0.5) is 0 Å². The van der Waals surface area contributed by atoms with Gasteiger partial charge in [0.05, 0.1) is 29.9 Å². The molecule has 0 atom stereocenters. The molecule has 0 unspecified atom stereocenters. The molecule has 0 amide bonds. The Balaban J connectivity index is 1.25. The first-order chi connectivity index (χ1) is 18.6. The van der Waals surface area contributed by atoms with Gasteiger partial charge in [0.15, 0.2) is 11.6 Å². The van der Waals surface area contributed by atoms with Crippen molar-refractivity contribution in [3.8, 4) is 22.4 Å². The molecule has 1 saturated carbocycles. The maximum Gasteiger partial charge on any atom is 0.271 e. The maximum atomic E-state index is 11.8. The Kier molecular flexibility index (Phi) is 5.10. The molecule has 1 fully saturated rings. The summed E-state index contributed by atoms with van der Waals surface area (Å²) in [5.41, 5.74) is 5.53. The van der Waals surface area contributed by atoms with Gasteiger partial charge in [-0.3, -0.25) is 14.5 Å². The zero-order valence-electron chi connectivity index (χ0n) is 20.8. The summed E-state index contributed by atoms with van der Waals surface area (Å²) in [6, 6.07) is 18.5. The molecule has 4 aromatic heterocycles. The van der Waals surface area contributed by atoms with E-state index in [1.165, 1.54) is 5.56 Å². The molecule has 0 saturated heterocycles. The average Bonchev–Trinajstić information content (AvgIpc) is 3.43. The Bertz CT molecular complexity index is 1830. The van der Waals surface area contributed by atoms with Crippen molar-refractivity contribution in [2.45, 2.75) is 38.1 Å². The van der Waals surface area contributed by atoms with Crippen LogP contribution in [0.5, 0.6) is 0 Å². The first kappa shape index (κ1) is 22.4. The number of rotatable bonds is 7. The molecular weight excluding hydrogens is 476 g/mol. The molecule has 186 valence electrons. The minimum absolute atomic E-state index is 0.149. The highest BCUT2D eigenvalue weighted by Gasteiger charge is 2.50. The first-order valence-corrected chi connectivity index (χ1v) is 12.7. The lowest BCUT2D eigenvalue weighted by Gasteiger charge is -2.14.